The Morgan fingerprint density at radius 1 is 1.03 bits per heavy atom. The Hall–Kier alpha value is -1.21. The summed E-state index contributed by atoms with van der Waals surface area (Å²) < 4.78 is 14.1. The fraction of sp³-hybridized carbons (Fsp3) is 0.739. The van der Waals surface area contributed by atoms with Gasteiger partial charge in [-0.3, -0.25) is 15.8 Å². The first kappa shape index (κ1) is 21.0. The van der Waals surface area contributed by atoms with Gasteiger partial charge in [-0.1, -0.05) is 26.0 Å². The molecule has 4 rings (SSSR count). The van der Waals surface area contributed by atoms with Crippen molar-refractivity contribution in [2.24, 2.45) is 5.92 Å². The van der Waals surface area contributed by atoms with E-state index < -0.39 is 0 Å². The van der Waals surface area contributed by atoms with E-state index in [1.54, 1.807) is 12.1 Å². The molecule has 0 spiro atoms. The fourth-order valence-corrected chi connectivity index (χ4v) is 5.38. The standard InChI is InChI=1S/C23H38FN5/c1-18(2)14-19-15-20(26-25-19)16-27-9-5-6-21(17-27)28-10-12-29(13-11-28)23-8-4-3-7-22(23)24/h3-4,7-8,18-21,25-26H,5-6,9-17H2,1-2H3. The number of hydrogen-bond acceptors (Lipinski definition) is 5. The maximum atomic E-state index is 14.1. The molecule has 0 bridgehead atoms. The minimum Gasteiger partial charge on any atom is -0.367 e. The van der Waals surface area contributed by atoms with Gasteiger partial charge < -0.3 is 9.80 Å². The molecular formula is C23H38FN5. The molecule has 5 nitrogen and oxygen atoms in total. The van der Waals surface area contributed by atoms with Crippen LogP contribution in [0.2, 0.25) is 0 Å². The first-order valence-corrected chi connectivity index (χ1v) is 11.6. The third-order valence-electron chi connectivity index (χ3n) is 6.80. The highest BCUT2D eigenvalue weighted by atomic mass is 19.1. The molecule has 0 saturated carbocycles. The lowest BCUT2D eigenvalue weighted by molar-refractivity contribution is 0.0875. The van der Waals surface area contributed by atoms with Crippen molar-refractivity contribution in [1.82, 2.24) is 20.7 Å². The monoisotopic (exact) mass is 403 g/mol. The molecule has 1 aromatic rings. The Morgan fingerprint density at radius 3 is 2.55 bits per heavy atom. The van der Waals surface area contributed by atoms with E-state index in [-0.39, 0.29) is 5.82 Å². The van der Waals surface area contributed by atoms with Crippen molar-refractivity contribution < 1.29 is 4.39 Å². The molecular weight excluding hydrogens is 365 g/mol. The average Bonchev–Trinajstić information content (AvgIpc) is 3.15. The normalized spacial score (nSPS) is 29.7. The summed E-state index contributed by atoms with van der Waals surface area (Å²) in [4.78, 5) is 7.51. The maximum absolute atomic E-state index is 14.1. The number of likely N-dealkylation sites (tertiary alicyclic amines) is 1. The summed E-state index contributed by atoms with van der Waals surface area (Å²) in [6, 6.07) is 9.00. The summed E-state index contributed by atoms with van der Waals surface area (Å²) in [5.41, 5.74) is 7.80. The fourth-order valence-electron chi connectivity index (χ4n) is 5.38. The predicted molar refractivity (Wildman–Crippen MR) is 118 cm³/mol. The van der Waals surface area contributed by atoms with Crippen LogP contribution >= 0.6 is 0 Å². The average molecular weight is 404 g/mol. The van der Waals surface area contributed by atoms with Crippen LogP contribution in [0.3, 0.4) is 0 Å². The van der Waals surface area contributed by atoms with Gasteiger partial charge in [-0.25, -0.2) is 4.39 Å². The van der Waals surface area contributed by atoms with Gasteiger partial charge >= 0.3 is 0 Å². The van der Waals surface area contributed by atoms with Crippen molar-refractivity contribution in [3.8, 4) is 0 Å². The number of anilines is 1. The van der Waals surface area contributed by atoms with Crippen molar-refractivity contribution >= 4 is 5.69 Å². The van der Waals surface area contributed by atoms with Gasteiger partial charge in [-0.05, 0) is 50.3 Å². The Balaban J connectivity index is 1.24. The number of hydrazine groups is 1. The second-order valence-electron chi connectivity index (χ2n) is 9.58. The van der Waals surface area contributed by atoms with E-state index in [0.29, 0.717) is 18.1 Å². The minimum atomic E-state index is -0.0989. The number of halogens is 1. The molecule has 6 heteroatoms. The molecule has 162 valence electrons. The summed E-state index contributed by atoms with van der Waals surface area (Å²) in [5.74, 6) is 0.647. The van der Waals surface area contributed by atoms with E-state index in [2.05, 4.69) is 39.4 Å². The highest BCUT2D eigenvalue weighted by molar-refractivity contribution is 5.48. The molecule has 1 aromatic carbocycles. The van der Waals surface area contributed by atoms with Crippen LogP contribution in [0.1, 0.15) is 39.5 Å². The van der Waals surface area contributed by atoms with Crippen molar-refractivity contribution in [1.29, 1.82) is 0 Å². The largest absolute Gasteiger partial charge is 0.367 e. The summed E-state index contributed by atoms with van der Waals surface area (Å²) >= 11 is 0. The Kier molecular flexibility index (Phi) is 7.06. The van der Waals surface area contributed by atoms with Crippen molar-refractivity contribution in [2.75, 3.05) is 50.7 Å². The van der Waals surface area contributed by atoms with Gasteiger partial charge in [0.05, 0.1) is 5.69 Å². The van der Waals surface area contributed by atoms with Gasteiger partial charge in [0.15, 0.2) is 0 Å². The van der Waals surface area contributed by atoms with Crippen LogP contribution in [0.25, 0.3) is 0 Å². The molecule has 3 atom stereocenters. The Labute approximate surface area is 175 Å². The molecule has 0 aliphatic carbocycles. The van der Waals surface area contributed by atoms with E-state index in [1.807, 2.05) is 12.1 Å². The molecule has 3 heterocycles. The van der Waals surface area contributed by atoms with Crippen LogP contribution in [0, 0.1) is 11.7 Å². The maximum Gasteiger partial charge on any atom is 0.146 e. The third-order valence-corrected chi connectivity index (χ3v) is 6.80. The number of rotatable bonds is 6. The number of nitrogens with one attached hydrogen (secondary N) is 2. The number of nitrogens with zero attached hydrogens (tertiary/aromatic N) is 3. The molecule has 29 heavy (non-hydrogen) atoms. The second kappa shape index (κ2) is 9.73. The van der Waals surface area contributed by atoms with E-state index >= 15 is 0 Å². The van der Waals surface area contributed by atoms with Gasteiger partial charge in [0, 0.05) is 57.4 Å². The SMILES string of the molecule is CC(C)CC1CC(CN2CCCC(N3CCN(c4ccccc4F)CC3)C2)NN1. The van der Waals surface area contributed by atoms with Crippen molar-refractivity contribution in [3.05, 3.63) is 30.1 Å². The highest BCUT2D eigenvalue weighted by Gasteiger charge is 2.31. The molecule has 0 radical (unpaired) electrons. The number of para-hydroxylation sites is 1. The smallest absolute Gasteiger partial charge is 0.146 e. The molecule has 3 fully saturated rings. The van der Waals surface area contributed by atoms with Gasteiger partial charge in [-0.15, -0.1) is 0 Å². The summed E-state index contributed by atoms with van der Waals surface area (Å²) in [5, 5.41) is 0. The first-order valence-electron chi connectivity index (χ1n) is 11.6. The number of hydrogen-bond donors (Lipinski definition) is 2. The highest BCUT2D eigenvalue weighted by Crippen LogP contribution is 2.23. The number of benzene rings is 1. The van der Waals surface area contributed by atoms with Gasteiger partial charge in [-0.2, -0.15) is 0 Å². The van der Waals surface area contributed by atoms with E-state index in [0.717, 1.165) is 44.3 Å². The third kappa shape index (κ3) is 5.48. The van der Waals surface area contributed by atoms with Crippen LogP contribution in [0.5, 0.6) is 0 Å². The van der Waals surface area contributed by atoms with Crippen LogP contribution < -0.4 is 15.8 Å². The van der Waals surface area contributed by atoms with E-state index in [4.69, 9.17) is 0 Å². The Bertz CT molecular complexity index is 646. The molecule has 2 N–H and O–H groups in total. The predicted octanol–water partition coefficient (Wildman–Crippen LogP) is 2.69. The van der Waals surface area contributed by atoms with Gasteiger partial charge in [0.2, 0.25) is 0 Å². The lowest BCUT2D eigenvalue weighted by Gasteiger charge is -2.44. The second-order valence-corrected chi connectivity index (χ2v) is 9.58. The molecule has 3 aliphatic heterocycles. The van der Waals surface area contributed by atoms with Crippen molar-refractivity contribution in [3.63, 3.8) is 0 Å². The number of piperidine rings is 1. The molecule has 0 aromatic heterocycles. The van der Waals surface area contributed by atoms with Crippen molar-refractivity contribution in [2.45, 2.75) is 57.7 Å². The summed E-state index contributed by atoms with van der Waals surface area (Å²) in [6.07, 6.45) is 5.06. The first-order chi connectivity index (χ1) is 14.1. The van der Waals surface area contributed by atoms with Crippen LogP contribution in [0.15, 0.2) is 24.3 Å². The topological polar surface area (TPSA) is 33.8 Å². The minimum absolute atomic E-state index is 0.0989. The van der Waals surface area contributed by atoms with E-state index in [1.165, 1.54) is 38.8 Å². The zero-order chi connectivity index (χ0) is 20.2. The van der Waals surface area contributed by atoms with Gasteiger partial charge in [0.25, 0.3) is 0 Å². The quantitative estimate of drug-likeness (QED) is 0.763. The summed E-state index contributed by atoms with van der Waals surface area (Å²) in [6.45, 7) is 12.1. The summed E-state index contributed by atoms with van der Waals surface area (Å²) in [7, 11) is 0. The zero-order valence-electron chi connectivity index (χ0n) is 18.1. The van der Waals surface area contributed by atoms with Crippen LogP contribution in [0.4, 0.5) is 10.1 Å². The lowest BCUT2D eigenvalue weighted by atomic mass is 9.98. The van der Waals surface area contributed by atoms with Crippen LogP contribution in [-0.4, -0.2) is 73.7 Å². The molecule has 3 aliphatic rings. The van der Waals surface area contributed by atoms with E-state index in [9.17, 15) is 4.39 Å². The molecule has 3 saturated heterocycles. The molecule has 0 amide bonds. The van der Waals surface area contributed by atoms with Gasteiger partial charge in [0.1, 0.15) is 5.82 Å². The Morgan fingerprint density at radius 2 is 1.79 bits per heavy atom. The zero-order valence-corrected chi connectivity index (χ0v) is 18.1. The lowest BCUT2D eigenvalue weighted by Crippen LogP contribution is -2.56. The van der Waals surface area contributed by atoms with Crippen LogP contribution in [-0.2, 0) is 0 Å². The molecule has 3 unspecified atom stereocenters. The number of piperazine rings is 1.